The Morgan fingerprint density at radius 2 is 1.52 bits per heavy atom. The molecule has 0 aliphatic carbocycles. The first kappa shape index (κ1) is 39.3. The maximum atomic E-state index is 13.6. The van der Waals surface area contributed by atoms with Gasteiger partial charge in [-0.1, -0.05) is 64.7 Å². The van der Waals surface area contributed by atoms with Crippen molar-refractivity contribution in [1.82, 2.24) is 25.8 Å². The van der Waals surface area contributed by atoms with E-state index in [2.05, 4.69) is 28.2 Å². The molecule has 0 saturated carbocycles. The summed E-state index contributed by atoms with van der Waals surface area (Å²) in [5.41, 5.74) is 0.709. The van der Waals surface area contributed by atoms with Crippen molar-refractivity contribution in [3.63, 3.8) is 0 Å². The fraction of sp³-hybridized carbons (Fsp3) is 0.750. The van der Waals surface area contributed by atoms with E-state index in [1.807, 2.05) is 50.2 Å². The highest BCUT2D eigenvalue weighted by Gasteiger charge is 2.31. The molecule has 2 rings (SSSR count). The van der Waals surface area contributed by atoms with Crippen molar-refractivity contribution in [1.29, 1.82) is 0 Å². The lowest BCUT2D eigenvalue weighted by molar-refractivity contribution is -0.137. The van der Waals surface area contributed by atoms with Gasteiger partial charge < -0.3 is 30.5 Å². The average molecular weight is 645 g/mol. The van der Waals surface area contributed by atoms with Crippen LogP contribution in [0.1, 0.15) is 117 Å². The Hall–Kier alpha value is -2.85. The third-order valence-corrected chi connectivity index (χ3v) is 8.43. The molecule has 10 heteroatoms. The summed E-state index contributed by atoms with van der Waals surface area (Å²) in [5.74, 6) is 0.454. The molecular formula is C36H64N6O4. The van der Waals surface area contributed by atoms with E-state index in [-0.39, 0.29) is 23.9 Å². The number of carbonyl (C=O) groups is 3. The van der Waals surface area contributed by atoms with E-state index in [1.54, 1.807) is 4.90 Å². The molecule has 2 atom stereocenters. The number of nitrogens with zero attached hydrogens (tertiary/aromatic N) is 2. The molecule has 46 heavy (non-hydrogen) atoms. The molecule has 0 spiro atoms. The Balaban J connectivity index is 1.71. The van der Waals surface area contributed by atoms with Gasteiger partial charge in [-0.05, 0) is 90.5 Å². The van der Waals surface area contributed by atoms with Crippen molar-refractivity contribution in [3.05, 3.63) is 24.3 Å². The first-order chi connectivity index (χ1) is 22.3. The lowest BCUT2D eigenvalue weighted by Gasteiger charge is -2.32. The van der Waals surface area contributed by atoms with Crippen molar-refractivity contribution < 1.29 is 19.1 Å². The molecule has 0 bridgehead atoms. The zero-order chi connectivity index (χ0) is 33.4. The van der Waals surface area contributed by atoms with E-state index in [0.29, 0.717) is 50.3 Å². The Labute approximate surface area is 279 Å². The molecule has 0 radical (unpaired) electrons. The van der Waals surface area contributed by atoms with Crippen LogP contribution in [0.3, 0.4) is 0 Å². The van der Waals surface area contributed by atoms with E-state index in [4.69, 9.17) is 4.74 Å². The SMILES string of the molecule is CCCCCCCCCCCCNC(=O)CCCOc1ccc(NC(NC(=O)CCCN(C)C)C(=O)N(CC)C2CCCN2)cc1. The number of nitrogens with one attached hydrogen (secondary N) is 4. The summed E-state index contributed by atoms with van der Waals surface area (Å²) >= 11 is 0. The molecule has 1 aromatic rings. The average Bonchev–Trinajstić information content (AvgIpc) is 3.57. The van der Waals surface area contributed by atoms with Gasteiger partial charge in [0.15, 0.2) is 6.17 Å². The molecule has 1 fully saturated rings. The van der Waals surface area contributed by atoms with E-state index in [1.165, 1.54) is 57.8 Å². The van der Waals surface area contributed by atoms with Crippen LogP contribution < -0.4 is 26.0 Å². The predicted octanol–water partition coefficient (Wildman–Crippen LogP) is 5.64. The number of rotatable bonds is 26. The van der Waals surface area contributed by atoms with Crippen LogP contribution in [0.15, 0.2) is 24.3 Å². The highest BCUT2D eigenvalue weighted by molar-refractivity contribution is 5.89. The molecule has 1 aromatic carbocycles. The van der Waals surface area contributed by atoms with Gasteiger partial charge in [-0.15, -0.1) is 0 Å². The lowest BCUT2D eigenvalue weighted by Crippen LogP contribution is -2.57. The molecule has 1 heterocycles. The van der Waals surface area contributed by atoms with Gasteiger partial charge in [0, 0.05) is 31.6 Å². The number of benzene rings is 1. The number of anilines is 1. The fourth-order valence-corrected chi connectivity index (χ4v) is 5.74. The van der Waals surface area contributed by atoms with Gasteiger partial charge in [-0.25, -0.2) is 0 Å². The summed E-state index contributed by atoms with van der Waals surface area (Å²) < 4.78 is 5.86. The minimum Gasteiger partial charge on any atom is -0.494 e. The third-order valence-electron chi connectivity index (χ3n) is 8.43. The number of carbonyl (C=O) groups excluding carboxylic acids is 3. The van der Waals surface area contributed by atoms with E-state index in [0.717, 1.165) is 38.9 Å². The van der Waals surface area contributed by atoms with Crippen LogP contribution in [0.5, 0.6) is 5.75 Å². The Morgan fingerprint density at radius 1 is 0.870 bits per heavy atom. The van der Waals surface area contributed by atoms with Crippen LogP contribution in [0.25, 0.3) is 0 Å². The monoisotopic (exact) mass is 644 g/mol. The molecular weight excluding hydrogens is 580 g/mol. The molecule has 4 N–H and O–H groups in total. The van der Waals surface area contributed by atoms with Gasteiger partial charge in [0.25, 0.3) is 5.91 Å². The minimum absolute atomic E-state index is 0.0231. The van der Waals surface area contributed by atoms with Crippen molar-refractivity contribution in [3.8, 4) is 5.75 Å². The maximum absolute atomic E-state index is 13.6. The number of ether oxygens (including phenoxy) is 1. The first-order valence-corrected chi connectivity index (χ1v) is 18.1. The molecule has 2 unspecified atom stereocenters. The second-order valence-corrected chi connectivity index (χ2v) is 12.8. The van der Waals surface area contributed by atoms with E-state index >= 15 is 0 Å². The predicted molar refractivity (Wildman–Crippen MR) is 188 cm³/mol. The lowest BCUT2D eigenvalue weighted by atomic mass is 10.1. The summed E-state index contributed by atoms with van der Waals surface area (Å²) in [7, 11) is 3.95. The minimum atomic E-state index is -0.875. The molecule has 262 valence electrons. The summed E-state index contributed by atoms with van der Waals surface area (Å²) in [4.78, 5) is 42.4. The first-order valence-electron chi connectivity index (χ1n) is 18.1. The van der Waals surface area contributed by atoms with Crippen molar-refractivity contribution in [2.45, 2.75) is 129 Å². The highest BCUT2D eigenvalue weighted by atomic mass is 16.5. The molecule has 1 aliphatic rings. The van der Waals surface area contributed by atoms with Gasteiger partial charge >= 0.3 is 0 Å². The summed E-state index contributed by atoms with van der Waals surface area (Å²) in [6, 6.07) is 7.36. The second kappa shape index (κ2) is 24.3. The van der Waals surface area contributed by atoms with Crippen LogP contribution in [0, 0.1) is 0 Å². The number of likely N-dealkylation sites (N-methyl/N-ethyl adjacent to an activating group) is 1. The Morgan fingerprint density at radius 3 is 2.13 bits per heavy atom. The topological polar surface area (TPSA) is 115 Å². The largest absolute Gasteiger partial charge is 0.494 e. The fourth-order valence-electron chi connectivity index (χ4n) is 5.74. The van der Waals surface area contributed by atoms with Gasteiger partial charge in [-0.2, -0.15) is 0 Å². The zero-order valence-electron chi connectivity index (χ0n) is 29.3. The van der Waals surface area contributed by atoms with Crippen molar-refractivity contribution in [2.24, 2.45) is 0 Å². The second-order valence-electron chi connectivity index (χ2n) is 12.8. The van der Waals surface area contributed by atoms with Crippen LogP contribution in [-0.2, 0) is 14.4 Å². The maximum Gasteiger partial charge on any atom is 0.267 e. The summed E-state index contributed by atoms with van der Waals surface area (Å²) in [6.07, 6.45) is 16.0. The zero-order valence-corrected chi connectivity index (χ0v) is 29.3. The molecule has 1 saturated heterocycles. The number of hydrogen-bond acceptors (Lipinski definition) is 7. The Bertz CT molecular complexity index is 968. The molecule has 0 aromatic heterocycles. The quantitative estimate of drug-likeness (QED) is 0.0763. The summed E-state index contributed by atoms with van der Waals surface area (Å²) in [6.45, 7) is 7.65. The normalized spacial score (nSPS) is 15.0. The van der Waals surface area contributed by atoms with Crippen molar-refractivity contribution in [2.75, 3.05) is 52.2 Å². The standard InChI is InChI=1S/C36H64N6O4/c1-5-7-8-9-10-11-12-13-14-15-26-38-33(43)21-18-29-46-31-24-22-30(23-25-31)39-35(40-34(44)20-17-28-41(3)4)36(45)42(6-2)32-19-16-27-37-32/h22-25,32,35,37,39H,5-21,26-29H2,1-4H3,(H,38,43)(H,40,44). The van der Waals surface area contributed by atoms with Gasteiger partial charge in [0.2, 0.25) is 11.8 Å². The molecule has 3 amide bonds. The highest BCUT2D eigenvalue weighted by Crippen LogP contribution is 2.18. The smallest absolute Gasteiger partial charge is 0.267 e. The number of amides is 3. The number of hydrogen-bond donors (Lipinski definition) is 4. The van der Waals surface area contributed by atoms with Gasteiger partial charge in [0.05, 0.1) is 12.8 Å². The van der Waals surface area contributed by atoms with Crippen LogP contribution in [-0.4, -0.2) is 86.7 Å². The van der Waals surface area contributed by atoms with Crippen molar-refractivity contribution >= 4 is 23.4 Å². The Kier molecular flexibility index (Phi) is 20.8. The third kappa shape index (κ3) is 17.2. The van der Waals surface area contributed by atoms with Crippen LogP contribution >= 0.6 is 0 Å². The van der Waals surface area contributed by atoms with Gasteiger partial charge in [-0.3, -0.25) is 19.7 Å². The summed E-state index contributed by atoms with van der Waals surface area (Å²) in [5, 5.41) is 12.6. The van der Waals surface area contributed by atoms with Crippen LogP contribution in [0.2, 0.25) is 0 Å². The van der Waals surface area contributed by atoms with Gasteiger partial charge in [0.1, 0.15) is 5.75 Å². The van der Waals surface area contributed by atoms with E-state index in [9.17, 15) is 14.4 Å². The molecule has 1 aliphatic heterocycles. The number of unbranched alkanes of at least 4 members (excludes halogenated alkanes) is 9. The van der Waals surface area contributed by atoms with Crippen LogP contribution in [0.4, 0.5) is 5.69 Å². The molecule has 10 nitrogen and oxygen atoms in total. The van der Waals surface area contributed by atoms with E-state index < -0.39 is 6.17 Å².